The van der Waals surface area contributed by atoms with Crippen LogP contribution in [-0.2, 0) is 11.3 Å². The number of thiazole rings is 1. The summed E-state index contributed by atoms with van der Waals surface area (Å²) in [6.45, 7) is 0.568. The lowest BCUT2D eigenvalue weighted by atomic mass is 10.3. The van der Waals surface area contributed by atoms with Crippen molar-refractivity contribution in [2.24, 2.45) is 0 Å². The van der Waals surface area contributed by atoms with Crippen molar-refractivity contribution in [2.75, 3.05) is 12.4 Å². The molecular formula is C11H10ClN3O2S. The standard InChI is InChI=1S/C11H10ClN3O2S/c1-17-10(16)8-9(12)15-11(18-8)14-6-7-3-2-4-13-5-7/h2-5H,6H2,1H3,(H,14,15). The molecule has 0 aromatic carbocycles. The number of hydrogen-bond acceptors (Lipinski definition) is 6. The van der Waals surface area contributed by atoms with Crippen LogP contribution in [0.4, 0.5) is 5.13 Å². The third-order valence-corrected chi connectivity index (χ3v) is 3.50. The van der Waals surface area contributed by atoms with Gasteiger partial charge in [-0.3, -0.25) is 4.98 Å². The van der Waals surface area contributed by atoms with E-state index in [4.69, 9.17) is 11.6 Å². The van der Waals surface area contributed by atoms with E-state index in [1.54, 1.807) is 12.4 Å². The Hall–Kier alpha value is -1.66. The molecular weight excluding hydrogens is 274 g/mol. The fourth-order valence-electron chi connectivity index (χ4n) is 1.28. The molecule has 2 rings (SSSR count). The first-order valence-electron chi connectivity index (χ1n) is 5.08. The second-order valence-electron chi connectivity index (χ2n) is 3.35. The van der Waals surface area contributed by atoms with Gasteiger partial charge in [0.15, 0.2) is 15.2 Å². The smallest absolute Gasteiger partial charge is 0.351 e. The van der Waals surface area contributed by atoms with Gasteiger partial charge in [0.2, 0.25) is 0 Å². The highest BCUT2D eigenvalue weighted by molar-refractivity contribution is 7.18. The molecule has 0 bridgehead atoms. The Kier molecular flexibility index (Phi) is 4.11. The maximum absolute atomic E-state index is 11.3. The SMILES string of the molecule is COC(=O)c1sc(NCc2cccnc2)nc1Cl. The van der Waals surface area contributed by atoms with Crippen LogP contribution in [0.3, 0.4) is 0 Å². The van der Waals surface area contributed by atoms with Crippen LogP contribution >= 0.6 is 22.9 Å². The van der Waals surface area contributed by atoms with Crippen molar-refractivity contribution in [3.8, 4) is 0 Å². The van der Waals surface area contributed by atoms with E-state index >= 15 is 0 Å². The van der Waals surface area contributed by atoms with Crippen molar-refractivity contribution in [3.05, 3.63) is 40.1 Å². The predicted molar refractivity (Wildman–Crippen MR) is 70.0 cm³/mol. The van der Waals surface area contributed by atoms with E-state index in [0.29, 0.717) is 16.6 Å². The molecule has 94 valence electrons. The molecule has 0 saturated carbocycles. The van der Waals surface area contributed by atoms with Gasteiger partial charge in [0.25, 0.3) is 0 Å². The van der Waals surface area contributed by atoms with E-state index in [2.05, 4.69) is 20.0 Å². The van der Waals surface area contributed by atoms with E-state index in [1.165, 1.54) is 7.11 Å². The number of hydrogen-bond donors (Lipinski definition) is 1. The van der Waals surface area contributed by atoms with E-state index in [0.717, 1.165) is 16.9 Å². The molecule has 0 aliphatic carbocycles. The van der Waals surface area contributed by atoms with Gasteiger partial charge >= 0.3 is 5.97 Å². The highest BCUT2D eigenvalue weighted by Crippen LogP contribution is 2.27. The number of halogens is 1. The van der Waals surface area contributed by atoms with Gasteiger partial charge in [0, 0.05) is 18.9 Å². The number of rotatable bonds is 4. The molecule has 0 aliphatic rings. The van der Waals surface area contributed by atoms with E-state index in [9.17, 15) is 4.79 Å². The molecule has 2 aromatic heterocycles. The van der Waals surface area contributed by atoms with Gasteiger partial charge in [-0.15, -0.1) is 0 Å². The Morgan fingerprint density at radius 1 is 1.61 bits per heavy atom. The maximum atomic E-state index is 11.3. The zero-order valence-corrected chi connectivity index (χ0v) is 11.1. The zero-order chi connectivity index (χ0) is 13.0. The number of ether oxygens (including phenoxy) is 1. The highest BCUT2D eigenvalue weighted by atomic mass is 35.5. The molecule has 0 amide bonds. The molecule has 7 heteroatoms. The fourth-order valence-corrected chi connectivity index (χ4v) is 2.37. The molecule has 18 heavy (non-hydrogen) atoms. The Morgan fingerprint density at radius 2 is 2.44 bits per heavy atom. The van der Waals surface area contributed by atoms with Crippen LogP contribution in [0.5, 0.6) is 0 Å². The molecule has 0 radical (unpaired) electrons. The van der Waals surface area contributed by atoms with Crippen LogP contribution in [0.1, 0.15) is 15.2 Å². The molecule has 0 fully saturated rings. The zero-order valence-electron chi connectivity index (χ0n) is 9.51. The molecule has 0 unspecified atom stereocenters. The minimum Gasteiger partial charge on any atom is -0.465 e. The van der Waals surface area contributed by atoms with Crippen LogP contribution in [0.15, 0.2) is 24.5 Å². The molecule has 5 nitrogen and oxygen atoms in total. The summed E-state index contributed by atoms with van der Waals surface area (Å²) in [5.74, 6) is -0.480. The van der Waals surface area contributed by atoms with Gasteiger partial charge < -0.3 is 10.1 Å². The minimum atomic E-state index is -0.480. The van der Waals surface area contributed by atoms with Crippen molar-refractivity contribution in [2.45, 2.75) is 6.54 Å². The van der Waals surface area contributed by atoms with Gasteiger partial charge in [0.05, 0.1) is 7.11 Å². The largest absolute Gasteiger partial charge is 0.465 e. The summed E-state index contributed by atoms with van der Waals surface area (Å²) in [5.41, 5.74) is 1.02. The van der Waals surface area contributed by atoms with Gasteiger partial charge in [-0.1, -0.05) is 29.0 Å². The van der Waals surface area contributed by atoms with Crippen LogP contribution in [0, 0.1) is 0 Å². The summed E-state index contributed by atoms with van der Waals surface area (Å²) >= 11 is 7.01. The quantitative estimate of drug-likeness (QED) is 0.874. The molecule has 2 aromatic rings. The lowest BCUT2D eigenvalue weighted by molar-refractivity contribution is 0.0606. The number of carbonyl (C=O) groups excluding carboxylic acids is 1. The third kappa shape index (κ3) is 2.96. The van der Waals surface area contributed by atoms with Gasteiger partial charge in [-0.25, -0.2) is 9.78 Å². The van der Waals surface area contributed by atoms with Crippen LogP contribution in [0.2, 0.25) is 5.15 Å². The third-order valence-electron chi connectivity index (χ3n) is 2.12. The molecule has 0 aliphatic heterocycles. The van der Waals surface area contributed by atoms with E-state index in [1.807, 2.05) is 12.1 Å². The van der Waals surface area contributed by atoms with Crippen molar-refractivity contribution in [1.29, 1.82) is 0 Å². The number of anilines is 1. The summed E-state index contributed by atoms with van der Waals surface area (Å²) in [5, 5.41) is 3.80. The first-order chi connectivity index (χ1) is 8.70. The highest BCUT2D eigenvalue weighted by Gasteiger charge is 2.16. The Bertz CT molecular complexity index is 544. The second kappa shape index (κ2) is 5.79. The van der Waals surface area contributed by atoms with E-state index < -0.39 is 5.97 Å². The van der Waals surface area contributed by atoms with E-state index in [-0.39, 0.29) is 5.15 Å². The van der Waals surface area contributed by atoms with Gasteiger partial charge in [-0.05, 0) is 11.6 Å². The first kappa shape index (κ1) is 12.8. The summed E-state index contributed by atoms with van der Waals surface area (Å²) in [6.07, 6.45) is 3.46. The number of esters is 1. The topological polar surface area (TPSA) is 64.1 Å². The van der Waals surface area contributed by atoms with Crippen LogP contribution in [0.25, 0.3) is 0 Å². The van der Waals surface area contributed by atoms with Crippen molar-refractivity contribution in [3.63, 3.8) is 0 Å². The molecule has 0 spiro atoms. The number of carbonyl (C=O) groups is 1. The fraction of sp³-hybridized carbons (Fsp3) is 0.182. The second-order valence-corrected chi connectivity index (χ2v) is 4.70. The lowest BCUT2D eigenvalue weighted by Gasteiger charge is -2.00. The molecule has 0 saturated heterocycles. The Labute approximate surface area is 113 Å². The molecule has 1 N–H and O–H groups in total. The number of pyridine rings is 1. The Balaban J connectivity index is 2.05. The van der Waals surface area contributed by atoms with Crippen molar-refractivity contribution in [1.82, 2.24) is 9.97 Å². The summed E-state index contributed by atoms with van der Waals surface area (Å²) in [6, 6.07) is 3.79. The number of nitrogens with one attached hydrogen (secondary N) is 1. The summed E-state index contributed by atoms with van der Waals surface area (Å²) in [4.78, 5) is 19.7. The summed E-state index contributed by atoms with van der Waals surface area (Å²) < 4.78 is 4.60. The normalized spacial score (nSPS) is 10.1. The number of methoxy groups -OCH3 is 1. The Morgan fingerprint density at radius 3 is 3.11 bits per heavy atom. The average molecular weight is 284 g/mol. The molecule has 0 atom stereocenters. The predicted octanol–water partition coefficient (Wildman–Crippen LogP) is 2.59. The lowest BCUT2D eigenvalue weighted by Crippen LogP contribution is -1.98. The summed E-state index contributed by atoms with van der Waals surface area (Å²) in [7, 11) is 1.31. The van der Waals surface area contributed by atoms with Crippen LogP contribution < -0.4 is 5.32 Å². The molecule has 2 heterocycles. The first-order valence-corrected chi connectivity index (χ1v) is 6.27. The van der Waals surface area contributed by atoms with Crippen molar-refractivity contribution < 1.29 is 9.53 Å². The van der Waals surface area contributed by atoms with Crippen LogP contribution in [-0.4, -0.2) is 23.0 Å². The minimum absolute atomic E-state index is 0.153. The van der Waals surface area contributed by atoms with Gasteiger partial charge in [0.1, 0.15) is 0 Å². The number of nitrogens with zero attached hydrogens (tertiary/aromatic N) is 2. The average Bonchev–Trinajstić information content (AvgIpc) is 2.78. The monoisotopic (exact) mass is 283 g/mol. The maximum Gasteiger partial charge on any atom is 0.351 e. The van der Waals surface area contributed by atoms with Crippen molar-refractivity contribution >= 4 is 34.0 Å². The van der Waals surface area contributed by atoms with Gasteiger partial charge in [-0.2, -0.15) is 0 Å². The number of aromatic nitrogens is 2.